The number of carbonyl (C=O) groups excluding carboxylic acids is 2. The molecule has 1 fully saturated rings. The number of nitrogens with zero attached hydrogens (tertiary/aromatic N) is 4. The van der Waals surface area contributed by atoms with Gasteiger partial charge in [-0.15, -0.1) is 0 Å². The lowest BCUT2D eigenvalue weighted by molar-refractivity contribution is -0.142. The number of carbonyl (C=O) groups is 2. The smallest absolute Gasteiger partial charge is 0.412 e. The van der Waals surface area contributed by atoms with Crippen LogP contribution in [0.4, 0.5) is 10.6 Å². The summed E-state index contributed by atoms with van der Waals surface area (Å²) in [5.41, 5.74) is 14.5. The number of esters is 1. The maximum atomic E-state index is 12.1. The van der Waals surface area contributed by atoms with Crippen LogP contribution in [0.1, 0.15) is 43.0 Å². The molecule has 2 aromatic heterocycles. The van der Waals surface area contributed by atoms with Gasteiger partial charge < -0.3 is 20.9 Å². The minimum absolute atomic E-state index is 0.0516. The average Bonchev–Trinajstić information content (AvgIpc) is 3.29. The topological polar surface area (TPSA) is 148 Å². The Morgan fingerprint density at radius 2 is 1.81 bits per heavy atom. The van der Waals surface area contributed by atoms with Gasteiger partial charge in [0, 0.05) is 11.5 Å². The molecule has 0 saturated heterocycles. The molecule has 0 spiro atoms. The Morgan fingerprint density at radius 3 is 2.56 bits per heavy atom. The maximum absolute atomic E-state index is 12.1. The molecule has 10 heteroatoms. The molecule has 1 amide bonds. The second kappa shape index (κ2) is 10.0. The van der Waals surface area contributed by atoms with E-state index in [9.17, 15) is 9.59 Å². The van der Waals surface area contributed by atoms with Crippen LogP contribution in [0.25, 0.3) is 16.8 Å². The highest BCUT2D eigenvalue weighted by atomic mass is 16.6. The summed E-state index contributed by atoms with van der Waals surface area (Å²) in [5, 5.41) is 4.43. The second-order valence-corrected chi connectivity index (χ2v) is 8.82. The molecule has 5 rings (SSSR count). The van der Waals surface area contributed by atoms with E-state index in [0.29, 0.717) is 55.1 Å². The lowest BCUT2D eigenvalue weighted by Crippen LogP contribution is -2.28. The molecular formula is C26H26N6O4. The summed E-state index contributed by atoms with van der Waals surface area (Å²) in [6.07, 6.45) is 2.82. The van der Waals surface area contributed by atoms with Crippen LogP contribution in [0.5, 0.6) is 5.75 Å². The number of rotatable bonds is 6. The number of fused-ring (bicyclic) bond motifs is 1. The van der Waals surface area contributed by atoms with Crippen molar-refractivity contribution in [2.75, 3.05) is 5.73 Å². The number of amides is 1. The third-order valence-electron chi connectivity index (χ3n) is 6.47. The van der Waals surface area contributed by atoms with Crippen molar-refractivity contribution in [3.8, 4) is 17.0 Å². The number of imidazole rings is 1. The Hall–Kier alpha value is -4.47. The number of hydrogen-bond donors (Lipinski definition) is 2. The highest BCUT2D eigenvalue weighted by Crippen LogP contribution is 2.39. The number of primary amides is 1. The van der Waals surface area contributed by atoms with Crippen molar-refractivity contribution in [1.29, 1.82) is 0 Å². The fraction of sp³-hybridized carbons (Fsp3) is 0.269. The Balaban J connectivity index is 1.41. The first-order chi connectivity index (χ1) is 17.5. The highest BCUT2D eigenvalue weighted by molar-refractivity contribution is 5.86. The summed E-state index contributed by atoms with van der Waals surface area (Å²) in [4.78, 5) is 32.1. The van der Waals surface area contributed by atoms with Crippen LogP contribution in [-0.4, -0.2) is 31.6 Å². The minimum Gasteiger partial charge on any atom is -0.489 e. The average molecular weight is 487 g/mol. The third kappa shape index (κ3) is 4.83. The number of benzene rings is 2. The fourth-order valence-corrected chi connectivity index (χ4v) is 4.69. The molecular weight excluding hydrogens is 460 g/mol. The van der Waals surface area contributed by atoms with Crippen LogP contribution in [0, 0.1) is 5.92 Å². The number of ether oxygens (including phenoxy) is 2. The molecule has 1 saturated carbocycles. The van der Waals surface area contributed by atoms with Crippen molar-refractivity contribution in [2.24, 2.45) is 11.7 Å². The van der Waals surface area contributed by atoms with Crippen molar-refractivity contribution < 1.29 is 19.1 Å². The van der Waals surface area contributed by atoms with Crippen LogP contribution in [0.2, 0.25) is 0 Å². The maximum Gasteiger partial charge on any atom is 0.412 e. The number of aromatic nitrogens is 4. The van der Waals surface area contributed by atoms with Crippen molar-refractivity contribution in [3.63, 3.8) is 0 Å². The van der Waals surface area contributed by atoms with Gasteiger partial charge in [-0.2, -0.15) is 5.10 Å². The predicted molar refractivity (Wildman–Crippen MR) is 132 cm³/mol. The van der Waals surface area contributed by atoms with Gasteiger partial charge in [-0.25, -0.2) is 19.3 Å². The minimum atomic E-state index is -1.08. The first-order valence-corrected chi connectivity index (χ1v) is 11.8. The summed E-state index contributed by atoms with van der Waals surface area (Å²) in [7, 11) is 0. The molecule has 0 atom stereocenters. The molecule has 10 nitrogen and oxygen atoms in total. The van der Waals surface area contributed by atoms with Gasteiger partial charge in [0.1, 0.15) is 35.7 Å². The van der Waals surface area contributed by atoms with Crippen LogP contribution >= 0.6 is 0 Å². The first kappa shape index (κ1) is 23.3. The van der Waals surface area contributed by atoms with E-state index in [1.165, 1.54) is 6.33 Å². The van der Waals surface area contributed by atoms with Crippen LogP contribution in [-0.2, 0) is 16.1 Å². The van der Waals surface area contributed by atoms with E-state index >= 15 is 0 Å². The van der Waals surface area contributed by atoms with Crippen molar-refractivity contribution in [2.45, 2.75) is 38.2 Å². The van der Waals surface area contributed by atoms with Gasteiger partial charge in [-0.3, -0.25) is 4.79 Å². The molecule has 1 aliphatic rings. The monoisotopic (exact) mass is 486 g/mol. The van der Waals surface area contributed by atoms with Crippen molar-refractivity contribution in [1.82, 2.24) is 19.6 Å². The number of nitrogen functional groups attached to an aromatic ring is 1. The summed E-state index contributed by atoms with van der Waals surface area (Å²) >= 11 is 0. The lowest BCUT2D eigenvalue weighted by atomic mass is 9.81. The van der Waals surface area contributed by atoms with E-state index in [0.717, 1.165) is 17.0 Å². The molecule has 0 aliphatic heterocycles. The molecule has 1 aliphatic carbocycles. The molecule has 0 radical (unpaired) electrons. The molecule has 4 aromatic rings. The standard InChI is InChI=1S/C26H26N6O4/c27-23-22-21(19-7-4-8-20(13-19)35-14-16-5-2-1-3-6-16)31-24(32(22)30-15-29-23)17-9-11-18(12-10-17)25(33)36-26(28)34/h1-8,13,15,17-18H,9-12,14H2,(H2,28,34)(H2,27,29,30). The van der Waals surface area contributed by atoms with Crippen molar-refractivity contribution >= 4 is 23.4 Å². The first-order valence-electron chi connectivity index (χ1n) is 11.8. The van der Waals surface area contributed by atoms with Gasteiger partial charge in [0.2, 0.25) is 0 Å². The van der Waals surface area contributed by atoms with E-state index in [1.54, 1.807) is 4.52 Å². The summed E-state index contributed by atoms with van der Waals surface area (Å²) < 4.78 is 12.3. The van der Waals surface area contributed by atoms with Gasteiger partial charge >= 0.3 is 12.1 Å². The van der Waals surface area contributed by atoms with Crippen LogP contribution in [0.15, 0.2) is 60.9 Å². The normalized spacial score (nSPS) is 17.6. The number of hydrogen-bond acceptors (Lipinski definition) is 8. The zero-order chi connectivity index (χ0) is 25.1. The predicted octanol–water partition coefficient (Wildman–Crippen LogP) is 3.85. The zero-order valence-corrected chi connectivity index (χ0v) is 19.5. The van der Waals surface area contributed by atoms with Gasteiger partial charge in [0.25, 0.3) is 0 Å². The van der Waals surface area contributed by atoms with E-state index in [-0.39, 0.29) is 11.8 Å². The van der Waals surface area contributed by atoms with E-state index in [1.807, 2.05) is 54.6 Å². The molecule has 36 heavy (non-hydrogen) atoms. The summed E-state index contributed by atoms with van der Waals surface area (Å²) in [5.74, 6) is 0.907. The second-order valence-electron chi connectivity index (χ2n) is 8.82. The molecule has 2 heterocycles. The van der Waals surface area contributed by atoms with Gasteiger partial charge in [0.05, 0.1) is 5.92 Å². The molecule has 184 valence electrons. The molecule has 4 N–H and O–H groups in total. The third-order valence-corrected chi connectivity index (χ3v) is 6.47. The SMILES string of the molecule is NC(=O)OC(=O)C1CCC(c2nc(-c3cccc(OCc4ccccc4)c3)c3c(N)ncnn23)CC1. The molecule has 0 bridgehead atoms. The van der Waals surface area contributed by atoms with Gasteiger partial charge in [-0.1, -0.05) is 42.5 Å². The van der Waals surface area contributed by atoms with E-state index in [2.05, 4.69) is 14.8 Å². The molecule has 0 unspecified atom stereocenters. The summed E-state index contributed by atoms with van der Waals surface area (Å²) in [6.45, 7) is 0.451. The van der Waals surface area contributed by atoms with Gasteiger partial charge in [0.15, 0.2) is 5.82 Å². The fourth-order valence-electron chi connectivity index (χ4n) is 4.69. The number of nitrogens with two attached hydrogens (primary N) is 2. The van der Waals surface area contributed by atoms with Crippen molar-refractivity contribution in [3.05, 3.63) is 72.3 Å². The Labute approximate surface area is 207 Å². The zero-order valence-electron chi connectivity index (χ0n) is 19.5. The van der Waals surface area contributed by atoms with E-state index in [4.69, 9.17) is 21.2 Å². The highest BCUT2D eigenvalue weighted by Gasteiger charge is 2.32. The largest absolute Gasteiger partial charge is 0.489 e. The van der Waals surface area contributed by atoms with E-state index < -0.39 is 12.1 Å². The summed E-state index contributed by atoms with van der Waals surface area (Å²) in [6, 6.07) is 17.6. The van der Waals surface area contributed by atoms with Gasteiger partial charge in [-0.05, 0) is 43.4 Å². The Kier molecular flexibility index (Phi) is 6.48. The molecule has 2 aromatic carbocycles. The Morgan fingerprint density at radius 1 is 1.03 bits per heavy atom. The van der Waals surface area contributed by atoms with Crippen LogP contribution < -0.4 is 16.2 Å². The Bertz CT molecular complexity index is 1400. The van der Waals surface area contributed by atoms with Crippen LogP contribution in [0.3, 0.4) is 0 Å². The quantitative estimate of drug-likeness (QED) is 0.308. The number of anilines is 1. The lowest BCUT2D eigenvalue weighted by Gasteiger charge is -2.25.